The first-order chi connectivity index (χ1) is 11.2. The maximum atomic E-state index is 5.86. The molecule has 0 amide bonds. The molecule has 126 valence electrons. The molecule has 1 spiro atoms. The van der Waals surface area contributed by atoms with Crippen molar-refractivity contribution in [3.63, 3.8) is 0 Å². The Bertz CT molecular complexity index is 580. The number of hydrogen-bond donors (Lipinski definition) is 0. The molecule has 1 fully saturated rings. The van der Waals surface area contributed by atoms with E-state index in [0.717, 1.165) is 31.2 Å². The van der Waals surface area contributed by atoms with Crippen molar-refractivity contribution in [3.05, 3.63) is 23.3 Å². The van der Waals surface area contributed by atoms with Gasteiger partial charge in [-0.05, 0) is 43.0 Å². The quantitative estimate of drug-likeness (QED) is 0.856. The van der Waals surface area contributed by atoms with Gasteiger partial charge in [-0.25, -0.2) is 0 Å². The number of hydrogen-bond acceptors (Lipinski definition) is 4. The fourth-order valence-electron chi connectivity index (χ4n) is 4.68. The van der Waals surface area contributed by atoms with Crippen molar-refractivity contribution in [1.82, 2.24) is 4.90 Å². The highest BCUT2D eigenvalue weighted by Crippen LogP contribution is 2.51. The molecular weight excluding hydrogens is 290 g/mol. The number of methoxy groups -OCH3 is 1. The van der Waals surface area contributed by atoms with E-state index in [2.05, 4.69) is 24.0 Å². The molecule has 1 aromatic carbocycles. The summed E-state index contributed by atoms with van der Waals surface area (Å²) in [5.41, 5.74) is 3.24. The molecule has 0 N–H and O–H groups in total. The van der Waals surface area contributed by atoms with E-state index in [9.17, 15) is 0 Å². The van der Waals surface area contributed by atoms with Crippen molar-refractivity contribution in [3.8, 4) is 11.5 Å². The SMILES string of the molecule is COCCN1CC2(CCCC2)c2cc3c(cc2C1C)OCCO3. The van der Waals surface area contributed by atoms with Crippen LogP contribution < -0.4 is 9.47 Å². The van der Waals surface area contributed by atoms with E-state index >= 15 is 0 Å². The molecule has 23 heavy (non-hydrogen) atoms. The molecule has 2 heterocycles. The van der Waals surface area contributed by atoms with Crippen LogP contribution in [0, 0.1) is 0 Å². The monoisotopic (exact) mass is 317 g/mol. The van der Waals surface area contributed by atoms with E-state index in [1.165, 1.54) is 36.8 Å². The molecule has 0 bridgehead atoms. The zero-order valence-corrected chi connectivity index (χ0v) is 14.3. The van der Waals surface area contributed by atoms with Gasteiger partial charge in [-0.15, -0.1) is 0 Å². The Morgan fingerprint density at radius 3 is 2.57 bits per heavy atom. The van der Waals surface area contributed by atoms with Crippen LogP contribution in [0.15, 0.2) is 12.1 Å². The van der Waals surface area contributed by atoms with E-state index in [4.69, 9.17) is 14.2 Å². The minimum atomic E-state index is 0.297. The lowest BCUT2D eigenvalue weighted by Crippen LogP contribution is -2.47. The molecule has 1 unspecified atom stereocenters. The fourth-order valence-corrected chi connectivity index (χ4v) is 4.68. The van der Waals surface area contributed by atoms with Gasteiger partial charge < -0.3 is 14.2 Å². The third kappa shape index (κ3) is 2.52. The van der Waals surface area contributed by atoms with Crippen molar-refractivity contribution in [2.75, 3.05) is 40.0 Å². The molecule has 4 rings (SSSR count). The van der Waals surface area contributed by atoms with Crippen LogP contribution >= 0.6 is 0 Å². The Hall–Kier alpha value is -1.26. The molecule has 3 aliphatic rings. The molecule has 0 radical (unpaired) electrons. The fraction of sp³-hybridized carbons (Fsp3) is 0.684. The Morgan fingerprint density at radius 1 is 1.17 bits per heavy atom. The highest BCUT2D eigenvalue weighted by atomic mass is 16.6. The van der Waals surface area contributed by atoms with Gasteiger partial charge in [0.05, 0.1) is 6.61 Å². The second kappa shape index (κ2) is 5.99. The number of nitrogens with zero attached hydrogens (tertiary/aromatic N) is 1. The molecule has 1 aromatic rings. The van der Waals surface area contributed by atoms with E-state index in [1.54, 1.807) is 7.11 Å². The first kappa shape index (κ1) is 15.3. The van der Waals surface area contributed by atoms with E-state index in [1.807, 2.05) is 0 Å². The van der Waals surface area contributed by atoms with Crippen molar-refractivity contribution < 1.29 is 14.2 Å². The number of fused-ring (bicyclic) bond motifs is 3. The van der Waals surface area contributed by atoms with Crippen molar-refractivity contribution in [2.45, 2.75) is 44.1 Å². The molecule has 0 saturated heterocycles. The first-order valence-corrected chi connectivity index (χ1v) is 8.90. The Kier molecular flexibility index (Phi) is 3.98. The molecular formula is C19H27NO3. The minimum absolute atomic E-state index is 0.297. The molecule has 0 aromatic heterocycles. The van der Waals surface area contributed by atoms with E-state index in [0.29, 0.717) is 24.7 Å². The van der Waals surface area contributed by atoms with Gasteiger partial charge in [0.25, 0.3) is 0 Å². The van der Waals surface area contributed by atoms with Crippen LogP contribution in [0.4, 0.5) is 0 Å². The Labute approximate surface area is 138 Å². The second-order valence-electron chi connectivity index (χ2n) is 7.21. The van der Waals surface area contributed by atoms with Crippen molar-refractivity contribution in [1.29, 1.82) is 0 Å². The standard InChI is InChI=1S/C19H27NO3/c1-14-15-11-17-18(23-10-9-22-17)12-16(15)19(5-3-4-6-19)13-20(14)7-8-21-2/h11-12,14H,3-10,13H2,1-2H3. The summed E-state index contributed by atoms with van der Waals surface area (Å²) in [5.74, 6) is 1.86. The smallest absolute Gasteiger partial charge is 0.161 e. The zero-order chi connectivity index (χ0) is 15.9. The third-order valence-electron chi connectivity index (χ3n) is 5.93. The normalized spacial score (nSPS) is 25.6. The van der Waals surface area contributed by atoms with Crippen LogP contribution in [0.5, 0.6) is 11.5 Å². The minimum Gasteiger partial charge on any atom is -0.486 e. The van der Waals surface area contributed by atoms with Gasteiger partial charge in [0, 0.05) is 31.7 Å². The topological polar surface area (TPSA) is 30.9 Å². The first-order valence-electron chi connectivity index (χ1n) is 8.90. The molecule has 4 heteroatoms. The zero-order valence-electron chi connectivity index (χ0n) is 14.3. The lowest BCUT2D eigenvalue weighted by atomic mass is 9.71. The Balaban J connectivity index is 1.77. The van der Waals surface area contributed by atoms with Gasteiger partial charge in [0.1, 0.15) is 13.2 Å². The van der Waals surface area contributed by atoms with Gasteiger partial charge in [-0.3, -0.25) is 4.90 Å². The van der Waals surface area contributed by atoms with Crippen LogP contribution in [0.3, 0.4) is 0 Å². The lowest BCUT2D eigenvalue weighted by molar-refractivity contribution is 0.0892. The molecule has 1 saturated carbocycles. The summed E-state index contributed by atoms with van der Waals surface area (Å²) in [5, 5.41) is 0. The second-order valence-corrected chi connectivity index (χ2v) is 7.21. The van der Waals surface area contributed by atoms with Gasteiger partial charge in [-0.1, -0.05) is 12.8 Å². The average Bonchev–Trinajstić information content (AvgIpc) is 3.05. The maximum Gasteiger partial charge on any atom is 0.161 e. The highest BCUT2D eigenvalue weighted by Gasteiger charge is 2.44. The van der Waals surface area contributed by atoms with Crippen LogP contribution in [0.1, 0.15) is 49.8 Å². The lowest BCUT2D eigenvalue weighted by Gasteiger charge is -2.46. The molecule has 2 aliphatic heterocycles. The molecule has 1 aliphatic carbocycles. The molecule has 4 nitrogen and oxygen atoms in total. The van der Waals surface area contributed by atoms with Crippen molar-refractivity contribution in [2.24, 2.45) is 0 Å². The summed E-state index contributed by atoms with van der Waals surface area (Å²) in [6, 6.07) is 4.94. The third-order valence-corrected chi connectivity index (χ3v) is 5.93. The van der Waals surface area contributed by atoms with Crippen LogP contribution in [0.2, 0.25) is 0 Å². The van der Waals surface area contributed by atoms with Crippen LogP contribution in [-0.4, -0.2) is 44.9 Å². The van der Waals surface area contributed by atoms with Crippen molar-refractivity contribution >= 4 is 0 Å². The summed E-state index contributed by atoms with van der Waals surface area (Å²) in [6.45, 7) is 6.55. The Morgan fingerprint density at radius 2 is 1.87 bits per heavy atom. The summed E-state index contributed by atoms with van der Waals surface area (Å²) in [7, 11) is 1.79. The van der Waals surface area contributed by atoms with E-state index < -0.39 is 0 Å². The van der Waals surface area contributed by atoms with Gasteiger partial charge in [-0.2, -0.15) is 0 Å². The largest absolute Gasteiger partial charge is 0.486 e. The van der Waals surface area contributed by atoms with Gasteiger partial charge >= 0.3 is 0 Å². The number of ether oxygens (including phenoxy) is 3. The van der Waals surface area contributed by atoms with Crippen LogP contribution in [-0.2, 0) is 10.2 Å². The van der Waals surface area contributed by atoms with Gasteiger partial charge in [0.15, 0.2) is 11.5 Å². The maximum absolute atomic E-state index is 5.86. The number of benzene rings is 1. The van der Waals surface area contributed by atoms with Crippen LogP contribution in [0.25, 0.3) is 0 Å². The average molecular weight is 317 g/mol. The van der Waals surface area contributed by atoms with Gasteiger partial charge in [0.2, 0.25) is 0 Å². The summed E-state index contributed by atoms with van der Waals surface area (Å²) >= 11 is 0. The predicted octanol–water partition coefficient (Wildman–Crippen LogP) is 3.29. The summed E-state index contributed by atoms with van der Waals surface area (Å²) < 4.78 is 17.0. The molecule has 1 atom stereocenters. The number of rotatable bonds is 3. The predicted molar refractivity (Wildman–Crippen MR) is 89.4 cm³/mol. The highest BCUT2D eigenvalue weighted by molar-refractivity contribution is 5.53. The van der Waals surface area contributed by atoms with E-state index in [-0.39, 0.29) is 0 Å². The summed E-state index contributed by atoms with van der Waals surface area (Å²) in [6.07, 6.45) is 5.24. The summed E-state index contributed by atoms with van der Waals surface area (Å²) in [4.78, 5) is 2.59.